The van der Waals surface area contributed by atoms with E-state index >= 15 is 0 Å². The first kappa shape index (κ1) is 12.8. The van der Waals surface area contributed by atoms with Gasteiger partial charge in [-0.05, 0) is 46.2 Å². The lowest BCUT2D eigenvalue weighted by atomic mass is 9.96. The normalized spacial score (nSPS) is 27.8. The highest BCUT2D eigenvalue weighted by Crippen LogP contribution is 2.21. The highest BCUT2D eigenvalue weighted by atomic mass is 16.2. The molecule has 2 atom stereocenters. The van der Waals surface area contributed by atoms with Crippen molar-refractivity contribution in [1.82, 2.24) is 15.5 Å². The highest BCUT2D eigenvalue weighted by Gasteiger charge is 2.29. The van der Waals surface area contributed by atoms with Crippen molar-refractivity contribution in [3.05, 3.63) is 0 Å². The summed E-state index contributed by atoms with van der Waals surface area (Å²) in [6.45, 7) is 3.85. The summed E-state index contributed by atoms with van der Waals surface area (Å²) in [5, 5.41) is 6.40. The first-order valence-corrected chi connectivity index (χ1v) is 6.91. The fraction of sp³-hybridized carbons (Fsp3) is 0.923. The van der Waals surface area contributed by atoms with Crippen LogP contribution in [-0.2, 0) is 4.79 Å². The molecule has 0 bridgehead atoms. The molecule has 1 saturated heterocycles. The Kier molecular flexibility index (Phi) is 4.40. The Labute approximate surface area is 104 Å². The van der Waals surface area contributed by atoms with E-state index in [1.54, 1.807) is 0 Å². The molecule has 0 radical (unpaired) electrons. The van der Waals surface area contributed by atoms with Gasteiger partial charge in [-0.3, -0.25) is 9.69 Å². The molecule has 1 heterocycles. The zero-order valence-electron chi connectivity index (χ0n) is 11.0. The molecule has 1 aliphatic heterocycles. The van der Waals surface area contributed by atoms with Gasteiger partial charge in [0.05, 0.1) is 6.54 Å². The van der Waals surface area contributed by atoms with Gasteiger partial charge in [0.15, 0.2) is 0 Å². The van der Waals surface area contributed by atoms with Crippen LogP contribution < -0.4 is 10.6 Å². The van der Waals surface area contributed by atoms with Gasteiger partial charge in [0.25, 0.3) is 0 Å². The third-order valence-electron chi connectivity index (χ3n) is 3.99. The van der Waals surface area contributed by atoms with Crippen LogP contribution in [0, 0.1) is 0 Å². The largest absolute Gasteiger partial charge is 0.352 e. The average Bonchev–Trinajstić information content (AvgIpc) is 3.12. The molecule has 4 nitrogen and oxygen atoms in total. The summed E-state index contributed by atoms with van der Waals surface area (Å²) < 4.78 is 0. The number of amides is 1. The van der Waals surface area contributed by atoms with E-state index in [0.29, 0.717) is 24.7 Å². The fourth-order valence-electron chi connectivity index (χ4n) is 2.66. The molecule has 1 aliphatic carbocycles. The van der Waals surface area contributed by atoms with Gasteiger partial charge in [-0.25, -0.2) is 0 Å². The predicted molar refractivity (Wildman–Crippen MR) is 68.9 cm³/mol. The summed E-state index contributed by atoms with van der Waals surface area (Å²) in [4.78, 5) is 14.2. The van der Waals surface area contributed by atoms with Crippen molar-refractivity contribution in [1.29, 1.82) is 0 Å². The van der Waals surface area contributed by atoms with Gasteiger partial charge in [-0.2, -0.15) is 0 Å². The van der Waals surface area contributed by atoms with Crippen LogP contribution in [0.3, 0.4) is 0 Å². The van der Waals surface area contributed by atoms with E-state index in [4.69, 9.17) is 0 Å². The summed E-state index contributed by atoms with van der Waals surface area (Å²) in [5.74, 6) is 0.211. The van der Waals surface area contributed by atoms with Crippen LogP contribution in [0.4, 0.5) is 0 Å². The van der Waals surface area contributed by atoms with Gasteiger partial charge >= 0.3 is 0 Å². The van der Waals surface area contributed by atoms with Crippen LogP contribution in [0.25, 0.3) is 0 Å². The lowest BCUT2D eigenvalue weighted by Gasteiger charge is -2.38. The minimum absolute atomic E-state index is 0.211. The summed E-state index contributed by atoms with van der Waals surface area (Å²) in [5.41, 5.74) is 0. The number of likely N-dealkylation sites (tertiary alicyclic amines) is 1. The molecule has 4 heteroatoms. The van der Waals surface area contributed by atoms with E-state index in [2.05, 4.69) is 22.5 Å². The number of hydrogen-bond donors (Lipinski definition) is 2. The number of carbonyl (C=O) groups is 1. The van der Waals surface area contributed by atoms with Crippen LogP contribution in [-0.4, -0.2) is 49.1 Å². The molecule has 0 aromatic rings. The Morgan fingerprint density at radius 1 is 1.35 bits per heavy atom. The Morgan fingerprint density at radius 2 is 2.12 bits per heavy atom. The molecule has 2 rings (SSSR count). The maximum atomic E-state index is 11.8. The lowest BCUT2D eigenvalue weighted by molar-refractivity contribution is -0.123. The standard InChI is InChI=1S/C13H25N3O/c1-10(14-2)12-5-3-4-8-16(12)9-13(17)15-11-6-7-11/h10-12,14H,3-9H2,1-2H3,(H,15,17). The minimum atomic E-state index is 0.211. The molecular weight excluding hydrogens is 214 g/mol. The second-order valence-corrected chi connectivity index (χ2v) is 5.45. The molecular formula is C13H25N3O. The van der Waals surface area contributed by atoms with Crippen LogP contribution in [0.2, 0.25) is 0 Å². The molecule has 2 fully saturated rings. The first-order valence-electron chi connectivity index (χ1n) is 6.91. The summed E-state index contributed by atoms with van der Waals surface area (Å²) in [6, 6.07) is 1.45. The number of piperidine rings is 1. The molecule has 0 aromatic carbocycles. The monoisotopic (exact) mass is 239 g/mol. The van der Waals surface area contributed by atoms with E-state index in [0.717, 1.165) is 6.54 Å². The summed E-state index contributed by atoms with van der Waals surface area (Å²) in [7, 11) is 2.00. The van der Waals surface area contributed by atoms with Crippen molar-refractivity contribution in [2.75, 3.05) is 20.1 Å². The van der Waals surface area contributed by atoms with Crippen LogP contribution >= 0.6 is 0 Å². The van der Waals surface area contributed by atoms with E-state index in [1.165, 1.54) is 32.1 Å². The molecule has 98 valence electrons. The van der Waals surface area contributed by atoms with Crippen molar-refractivity contribution in [2.45, 2.75) is 57.2 Å². The number of carbonyl (C=O) groups excluding carboxylic acids is 1. The van der Waals surface area contributed by atoms with Crippen molar-refractivity contribution in [2.24, 2.45) is 0 Å². The second kappa shape index (κ2) is 5.83. The number of hydrogen-bond acceptors (Lipinski definition) is 3. The van der Waals surface area contributed by atoms with E-state index < -0.39 is 0 Å². The topological polar surface area (TPSA) is 44.4 Å². The lowest BCUT2D eigenvalue weighted by Crippen LogP contribution is -2.53. The highest BCUT2D eigenvalue weighted by molar-refractivity contribution is 5.78. The Morgan fingerprint density at radius 3 is 2.76 bits per heavy atom. The zero-order valence-corrected chi connectivity index (χ0v) is 11.0. The van der Waals surface area contributed by atoms with Gasteiger partial charge in [0.1, 0.15) is 0 Å². The fourth-order valence-corrected chi connectivity index (χ4v) is 2.66. The zero-order chi connectivity index (χ0) is 12.3. The Bertz CT molecular complexity index is 265. The number of likely N-dealkylation sites (N-methyl/N-ethyl adjacent to an activating group) is 1. The molecule has 0 aromatic heterocycles. The SMILES string of the molecule is CNC(C)C1CCCCN1CC(=O)NC1CC1. The van der Waals surface area contributed by atoms with Crippen molar-refractivity contribution >= 4 is 5.91 Å². The van der Waals surface area contributed by atoms with Gasteiger partial charge in [0.2, 0.25) is 5.91 Å². The third-order valence-corrected chi connectivity index (χ3v) is 3.99. The Hall–Kier alpha value is -0.610. The number of rotatable bonds is 5. The summed E-state index contributed by atoms with van der Waals surface area (Å²) >= 11 is 0. The molecule has 17 heavy (non-hydrogen) atoms. The smallest absolute Gasteiger partial charge is 0.234 e. The van der Waals surface area contributed by atoms with Gasteiger partial charge in [0, 0.05) is 18.1 Å². The van der Waals surface area contributed by atoms with Gasteiger partial charge in [-0.15, -0.1) is 0 Å². The molecule has 0 spiro atoms. The quantitative estimate of drug-likeness (QED) is 0.743. The summed E-state index contributed by atoms with van der Waals surface area (Å²) in [6.07, 6.45) is 6.06. The van der Waals surface area contributed by atoms with Gasteiger partial charge < -0.3 is 10.6 Å². The number of nitrogens with zero attached hydrogens (tertiary/aromatic N) is 1. The Balaban J connectivity index is 1.84. The van der Waals surface area contributed by atoms with Crippen LogP contribution in [0.15, 0.2) is 0 Å². The van der Waals surface area contributed by atoms with E-state index in [1.807, 2.05) is 7.05 Å². The van der Waals surface area contributed by atoms with Crippen molar-refractivity contribution in [3.8, 4) is 0 Å². The van der Waals surface area contributed by atoms with Gasteiger partial charge in [-0.1, -0.05) is 6.42 Å². The van der Waals surface area contributed by atoms with E-state index in [-0.39, 0.29) is 5.91 Å². The molecule has 2 unspecified atom stereocenters. The van der Waals surface area contributed by atoms with Crippen LogP contribution in [0.1, 0.15) is 39.0 Å². The third kappa shape index (κ3) is 3.68. The van der Waals surface area contributed by atoms with Crippen molar-refractivity contribution in [3.63, 3.8) is 0 Å². The predicted octanol–water partition coefficient (Wildman–Crippen LogP) is 0.727. The maximum Gasteiger partial charge on any atom is 0.234 e. The molecule has 1 saturated carbocycles. The molecule has 2 aliphatic rings. The first-order chi connectivity index (χ1) is 8.20. The van der Waals surface area contributed by atoms with E-state index in [9.17, 15) is 4.79 Å². The molecule has 2 N–H and O–H groups in total. The molecule has 1 amide bonds. The van der Waals surface area contributed by atoms with Crippen molar-refractivity contribution < 1.29 is 4.79 Å². The maximum absolute atomic E-state index is 11.8. The van der Waals surface area contributed by atoms with Crippen LogP contribution in [0.5, 0.6) is 0 Å². The number of nitrogens with one attached hydrogen (secondary N) is 2. The average molecular weight is 239 g/mol. The second-order valence-electron chi connectivity index (χ2n) is 5.45. The minimum Gasteiger partial charge on any atom is -0.352 e.